The van der Waals surface area contributed by atoms with Crippen molar-refractivity contribution >= 4 is 17.0 Å². The van der Waals surface area contributed by atoms with Crippen LogP contribution in [0.1, 0.15) is 27.7 Å². The molecule has 7 unspecified atom stereocenters. The lowest BCUT2D eigenvalue weighted by Gasteiger charge is -2.44. The van der Waals surface area contributed by atoms with E-state index in [2.05, 4.69) is 0 Å². The second kappa shape index (κ2) is 4.84. The molecule has 16 heavy (non-hydrogen) atoms. The second-order valence-corrected chi connectivity index (χ2v) is 6.14. The van der Waals surface area contributed by atoms with Gasteiger partial charge in [-0.2, -0.15) is 0 Å². The van der Waals surface area contributed by atoms with Gasteiger partial charge in [-0.1, -0.05) is 27.7 Å². The van der Waals surface area contributed by atoms with Gasteiger partial charge in [0.05, 0.1) is 11.2 Å². The van der Waals surface area contributed by atoms with Gasteiger partial charge in [0, 0.05) is 0 Å². The quantitative estimate of drug-likeness (QED) is 0.731. The predicted octanol–water partition coefficient (Wildman–Crippen LogP) is 1.84. The maximum Gasteiger partial charge on any atom is 0.307 e. The summed E-state index contributed by atoms with van der Waals surface area (Å²) >= 11 is -1.95. The van der Waals surface area contributed by atoms with Crippen molar-refractivity contribution in [3.05, 3.63) is 0 Å². The standard InChI is InChI=1S/C11H20O4S/c1-5-6(2)9(11(12)13)8(4)10(7(5)3)16(14)15/h5-10H,1-4H3,(H,12,13)(H,14,15). The van der Waals surface area contributed by atoms with Crippen molar-refractivity contribution in [1.29, 1.82) is 0 Å². The van der Waals surface area contributed by atoms with Crippen LogP contribution in [0.4, 0.5) is 0 Å². The molecule has 0 aromatic carbocycles. The van der Waals surface area contributed by atoms with Gasteiger partial charge in [-0.15, -0.1) is 0 Å². The molecular formula is C11H20O4S. The second-order valence-electron chi connectivity index (χ2n) is 5.04. The molecule has 7 atom stereocenters. The molecule has 5 heteroatoms. The molecule has 0 heterocycles. The van der Waals surface area contributed by atoms with E-state index in [0.717, 1.165) is 0 Å². The van der Waals surface area contributed by atoms with Gasteiger partial charge in [-0.25, -0.2) is 4.21 Å². The molecule has 0 bridgehead atoms. The van der Waals surface area contributed by atoms with Crippen LogP contribution in [-0.2, 0) is 15.9 Å². The van der Waals surface area contributed by atoms with Crippen molar-refractivity contribution in [2.75, 3.05) is 0 Å². The number of carboxylic acids is 1. The van der Waals surface area contributed by atoms with Gasteiger partial charge < -0.3 is 9.66 Å². The maximum atomic E-state index is 11.3. The molecule has 2 N–H and O–H groups in total. The molecular weight excluding hydrogens is 228 g/mol. The average molecular weight is 248 g/mol. The highest BCUT2D eigenvalue weighted by Gasteiger charge is 2.48. The Morgan fingerprint density at radius 1 is 1.00 bits per heavy atom. The van der Waals surface area contributed by atoms with Gasteiger partial charge in [0.15, 0.2) is 11.1 Å². The zero-order chi connectivity index (χ0) is 12.6. The maximum absolute atomic E-state index is 11.3. The fourth-order valence-corrected chi connectivity index (χ4v) is 4.24. The van der Waals surface area contributed by atoms with Crippen LogP contribution in [0.3, 0.4) is 0 Å². The minimum atomic E-state index is -1.95. The first kappa shape index (κ1) is 13.6. The summed E-state index contributed by atoms with van der Waals surface area (Å²) in [5.74, 6) is -1.36. The Morgan fingerprint density at radius 2 is 1.50 bits per heavy atom. The fraction of sp³-hybridized carbons (Fsp3) is 0.909. The Labute approximate surface area is 98.7 Å². The SMILES string of the molecule is CC1C(C)C(C(=O)O)C(C)C(S(=O)O)C1C. The van der Waals surface area contributed by atoms with Crippen molar-refractivity contribution in [1.82, 2.24) is 0 Å². The monoisotopic (exact) mass is 248 g/mol. The van der Waals surface area contributed by atoms with Crippen LogP contribution >= 0.6 is 0 Å². The smallest absolute Gasteiger partial charge is 0.307 e. The predicted molar refractivity (Wildman–Crippen MR) is 62.3 cm³/mol. The van der Waals surface area contributed by atoms with E-state index in [4.69, 9.17) is 0 Å². The van der Waals surface area contributed by atoms with Crippen LogP contribution < -0.4 is 0 Å². The zero-order valence-electron chi connectivity index (χ0n) is 10.1. The molecule has 4 nitrogen and oxygen atoms in total. The van der Waals surface area contributed by atoms with Crippen LogP contribution in [0, 0.1) is 29.6 Å². The Kier molecular flexibility index (Phi) is 4.12. The third-order valence-corrected chi connectivity index (χ3v) is 5.67. The van der Waals surface area contributed by atoms with Crippen molar-refractivity contribution in [3.63, 3.8) is 0 Å². The molecule has 1 rings (SSSR count). The number of carboxylic acid groups (broad SMARTS) is 1. The molecule has 0 aromatic heterocycles. The summed E-state index contributed by atoms with van der Waals surface area (Å²) in [4.78, 5) is 11.2. The lowest BCUT2D eigenvalue weighted by atomic mass is 9.64. The van der Waals surface area contributed by atoms with Crippen LogP contribution in [0.5, 0.6) is 0 Å². The summed E-state index contributed by atoms with van der Waals surface area (Å²) in [7, 11) is 0. The van der Waals surface area contributed by atoms with E-state index in [1.54, 1.807) is 6.92 Å². The minimum Gasteiger partial charge on any atom is -0.481 e. The molecule has 94 valence electrons. The summed E-state index contributed by atoms with van der Waals surface area (Å²) in [6.45, 7) is 7.61. The lowest BCUT2D eigenvalue weighted by Crippen LogP contribution is -2.50. The van der Waals surface area contributed by atoms with E-state index in [-0.39, 0.29) is 23.7 Å². The number of aliphatic carboxylic acids is 1. The molecule has 0 aliphatic heterocycles. The van der Waals surface area contributed by atoms with Crippen LogP contribution in [0.15, 0.2) is 0 Å². The summed E-state index contributed by atoms with van der Waals surface area (Å²) in [6.07, 6.45) is 0. The third-order valence-electron chi connectivity index (χ3n) is 4.35. The number of carbonyl (C=O) groups is 1. The Bertz CT molecular complexity index is 276. The topological polar surface area (TPSA) is 74.6 Å². The molecule has 0 amide bonds. The van der Waals surface area contributed by atoms with Gasteiger partial charge >= 0.3 is 5.97 Å². The Hall–Kier alpha value is -0.420. The minimum absolute atomic E-state index is 0.0438. The molecule has 0 spiro atoms. The van der Waals surface area contributed by atoms with Crippen LogP contribution in [0.2, 0.25) is 0 Å². The number of rotatable bonds is 2. The molecule has 0 saturated heterocycles. The highest BCUT2D eigenvalue weighted by Crippen LogP contribution is 2.43. The Balaban J connectivity index is 3.07. The summed E-state index contributed by atoms with van der Waals surface area (Å²) in [6, 6.07) is 0. The first-order chi connectivity index (χ1) is 7.29. The first-order valence-electron chi connectivity index (χ1n) is 5.61. The van der Waals surface area contributed by atoms with E-state index in [0.29, 0.717) is 0 Å². The molecule has 0 radical (unpaired) electrons. The number of hydrogen-bond acceptors (Lipinski definition) is 2. The molecule has 1 fully saturated rings. The van der Waals surface area contributed by atoms with Crippen molar-refractivity contribution in [2.45, 2.75) is 32.9 Å². The highest BCUT2D eigenvalue weighted by molar-refractivity contribution is 7.79. The normalized spacial score (nSPS) is 46.3. The van der Waals surface area contributed by atoms with Crippen LogP contribution in [0.25, 0.3) is 0 Å². The molecule has 0 aromatic rings. The van der Waals surface area contributed by atoms with Gasteiger partial charge in [-0.05, 0) is 23.7 Å². The van der Waals surface area contributed by atoms with Crippen molar-refractivity contribution < 1.29 is 18.7 Å². The Morgan fingerprint density at radius 3 is 1.88 bits per heavy atom. The highest BCUT2D eigenvalue weighted by atomic mass is 32.2. The average Bonchev–Trinajstić information content (AvgIpc) is 2.13. The summed E-state index contributed by atoms with van der Waals surface area (Å²) in [5.41, 5.74) is 0. The summed E-state index contributed by atoms with van der Waals surface area (Å²) in [5, 5.41) is 8.76. The number of hydrogen-bond donors (Lipinski definition) is 2. The molecule has 1 aliphatic rings. The van der Waals surface area contributed by atoms with Crippen molar-refractivity contribution in [3.8, 4) is 0 Å². The van der Waals surface area contributed by atoms with E-state index in [9.17, 15) is 18.7 Å². The van der Waals surface area contributed by atoms with E-state index in [1.807, 2.05) is 20.8 Å². The van der Waals surface area contributed by atoms with Crippen LogP contribution in [-0.4, -0.2) is 25.1 Å². The third kappa shape index (κ3) is 2.15. The van der Waals surface area contributed by atoms with Gasteiger partial charge in [0.2, 0.25) is 0 Å². The van der Waals surface area contributed by atoms with Gasteiger partial charge in [-0.3, -0.25) is 4.79 Å². The molecule has 1 aliphatic carbocycles. The zero-order valence-corrected chi connectivity index (χ0v) is 10.9. The van der Waals surface area contributed by atoms with E-state index >= 15 is 0 Å². The van der Waals surface area contributed by atoms with Gasteiger partial charge in [0.1, 0.15) is 0 Å². The van der Waals surface area contributed by atoms with Crippen molar-refractivity contribution in [2.24, 2.45) is 29.6 Å². The van der Waals surface area contributed by atoms with E-state index < -0.39 is 28.2 Å². The summed E-state index contributed by atoms with van der Waals surface area (Å²) < 4.78 is 20.6. The molecule has 1 saturated carbocycles. The van der Waals surface area contributed by atoms with E-state index in [1.165, 1.54) is 0 Å². The largest absolute Gasteiger partial charge is 0.481 e. The van der Waals surface area contributed by atoms with Gasteiger partial charge in [0.25, 0.3) is 0 Å². The fourth-order valence-electron chi connectivity index (χ4n) is 3.08. The lowest BCUT2D eigenvalue weighted by molar-refractivity contribution is -0.148. The first-order valence-corrected chi connectivity index (χ1v) is 6.78.